The lowest BCUT2D eigenvalue weighted by Gasteiger charge is -2.04. The maximum Gasteiger partial charge on any atom is 0.270 e. The minimum Gasteiger partial charge on any atom is -0.305 e. The van der Waals surface area contributed by atoms with E-state index < -0.39 is 9.85 Å². The van der Waals surface area contributed by atoms with E-state index in [-0.39, 0.29) is 23.0 Å². The molecule has 0 radical (unpaired) electrons. The Morgan fingerprint density at radius 1 is 1.09 bits per heavy atom. The molecule has 1 heterocycles. The summed E-state index contributed by atoms with van der Waals surface area (Å²) in [5.41, 5.74) is 4.00. The highest BCUT2D eigenvalue weighted by atomic mass is 32.2. The number of benzene rings is 2. The summed E-state index contributed by atoms with van der Waals surface area (Å²) in [5.74, 6) is 0.0672. The van der Waals surface area contributed by atoms with Crippen molar-refractivity contribution in [2.24, 2.45) is 12.1 Å². The molecule has 0 aliphatic rings. The van der Waals surface area contributed by atoms with Crippen molar-refractivity contribution < 1.29 is 14.6 Å². The zero-order valence-corrected chi connectivity index (χ0v) is 17.8. The Morgan fingerprint density at radius 3 is 2.44 bits per heavy atom. The van der Waals surface area contributed by atoms with Crippen LogP contribution in [0.4, 0.5) is 11.4 Å². The van der Waals surface area contributed by atoms with Crippen LogP contribution in [0, 0.1) is 20.2 Å². The lowest BCUT2D eigenvalue weighted by atomic mass is 10.1. The molecule has 0 unspecified atom stereocenters. The highest BCUT2D eigenvalue weighted by molar-refractivity contribution is 7.99. The van der Waals surface area contributed by atoms with Gasteiger partial charge in [-0.3, -0.25) is 25.0 Å². The summed E-state index contributed by atoms with van der Waals surface area (Å²) in [4.78, 5) is 32.8. The normalized spacial score (nSPS) is 11.2. The summed E-state index contributed by atoms with van der Waals surface area (Å²) in [6.45, 7) is 1.67. The number of hydrogen-bond acceptors (Lipinski definition) is 9. The van der Waals surface area contributed by atoms with E-state index in [1.54, 1.807) is 42.8 Å². The lowest BCUT2D eigenvalue weighted by molar-refractivity contribution is -0.385. The van der Waals surface area contributed by atoms with Crippen LogP contribution in [0.1, 0.15) is 12.5 Å². The molecular weight excluding hydrogens is 438 g/mol. The lowest BCUT2D eigenvalue weighted by Crippen LogP contribution is -2.21. The Hall–Kier alpha value is -4.13. The molecule has 13 heteroatoms. The van der Waals surface area contributed by atoms with Crippen LogP contribution in [-0.4, -0.2) is 42.0 Å². The molecule has 0 saturated heterocycles. The van der Waals surface area contributed by atoms with E-state index >= 15 is 0 Å². The summed E-state index contributed by atoms with van der Waals surface area (Å²) in [7, 11) is 1.70. The third-order valence-corrected chi connectivity index (χ3v) is 5.35. The minimum atomic E-state index is -0.494. The van der Waals surface area contributed by atoms with Gasteiger partial charge in [-0.05, 0) is 24.6 Å². The van der Waals surface area contributed by atoms with Crippen LogP contribution in [0.15, 0.2) is 58.8 Å². The van der Waals surface area contributed by atoms with Gasteiger partial charge in [0.15, 0.2) is 11.0 Å². The van der Waals surface area contributed by atoms with Gasteiger partial charge in [-0.2, -0.15) is 5.10 Å². The van der Waals surface area contributed by atoms with Crippen LogP contribution >= 0.6 is 11.8 Å². The van der Waals surface area contributed by atoms with E-state index in [1.807, 2.05) is 0 Å². The maximum absolute atomic E-state index is 12.1. The van der Waals surface area contributed by atoms with Crippen LogP contribution in [-0.2, 0) is 11.8 Å². The van der Waals surface area contributed by atoms with Gasteiger partial charge in [0.2, 0.25) is 0 Å². The fraction of sp³-hybridized carbons (Fsp3) is 0.158. The van der Waals surface area contributed by atoms with Crippen LogP contribution in [0.3, 0.4) is 0 Å². The predicted octanol–water partition coefficient (Wildman–Crippen LogP) is 2.93. The molecule has 1 N–H and O–H groups in total. The van der Waals surface area contributed by atoms with Gasteiger partial charge in [-0.15, -0.1) is 10.2 Å². The Labute approximate surface area is 185 Å². The van der Waals surface area contributed by atoms with Crippen LogP contribution < -0.4 is 5.43 Å². The molecule has 0 spiro atoms. The molecule has 1 aromatic heterocycles. The van der Waals surface area contributed by atoms with Crippen molar-refractivity contribution in [3.8, 4) is 11.4 Å². The average molecular weight is 455 g/mol. The maximum atomic E-state index is 12.1. The summed E-state index contributed by atoms with van der Waals surface area (Å²) in [6, 6.07) is 11.9. The number of nitro groups is 2. The number of nitrogens with zero attached hydrogens (tertiary/aromatic N) is 6. The number of nitrogens with one attached hydrogen (secondary N) is 1. The van der Waals surface area contributed by atoms with Gasteiger partial charge in [-0.1, -0.05) is 23.9 Å². The summed E-state index contributed by atoms with van der Waals surface area (Å²) < 4.78 is 1.64. The Kier molecular flexibility index (Phi) is 6.90. The Bertz CT molecular complexity index is 1210. The van der Waals surface area contributed by atoms with Crippen molar-refractivity contribution in [2.75, 3.05) is 5.75 Å². The van der Waals surface area contributed by atoms with Crippen molar-refractivity contribution in [3.05, 3.63) is 74.3 Å². The molecule has 0 fully saturated rings. The third-order valence-electron chi connectivity index (χ3n) is 4.33. The number of amides is 1. The molecule has 1 amide bonds. The number of rotatable bonds is 8. The highest BCUT2D eigenvalue weighted by Crippen LogP contribution is 2.25. The van der Waals surface area contributed by atoms with Gasteiger partial charge in [0.25, 0.3) is 17.3 Å². The first kappa shape index (κ1) is 22.6. The number of thioether (sulfide) groups is 1. The first-order valence-electron chi connectivity index (χ1n) is 9.11. The van der Waals surface area contributed by atoms with E-state index in [0.29, 0.717) is 27.8 Å². The van der Waals surface area contributed by atoms with Crippen molar-refractivity contribution in [1.82, 2.24) is 20.2 Å². The van der Waals surface area contributed by atoms with Gasteiger partial charge in [0, 0.05) is 36.9 Å². The van der Waals surface area contributed by atoms with E-state index in [2.05, 4.69) is 20.7 Å². The third kappa shape index (κ3) is 5.31. The smallest absolute Gasteiger partial charge is 0.270 e. The standard InChI is InChI=1S/C19H17N7O5S/c1-12(13-6-8-15(9-7-13)25(28)29)20-21-17(27)11-32-19-23-22-18(24(19)2)14-4-3-5-16(10-14)26(30)31/h3-10H,11H2,1-2H3,(H,21,27)/b20-12-. The van der Waals surface area contributed by atoms with Gasteiger partial charge in [0.05, 0.1) is 21.3 Å². The summed E-state index contributed by atoms with van der Waals surface area (Å²) in [5, 5.41) is 34.2. The molecule has 2 aromatic carbocycles. The van der Waals surface area contributed by atoms with E-state index in [9.17, 15) is 25.0 Å². The zero-order valence-electron chi connectivity index (χ0n) is 17.0. The van der Waals surface area contributed by atoms with Gasteiger partial charge >= 0.3 is 0 Å². The van der Waals surface area contributed by atoms with Crippen molar-refractivity contribution >= 4 is 34.8 Å². The van der Waals surface area contributed by atoms with E-state index in [1.165, 1.54) is 24.3 Å². The van der Waals surface area contributed by atoms with Crippen LogP contribution in [0.25, 0.3) is 11.4 Å². The number of carbonyl (C=O) groups is 1. The Balaban J connectivity index is 1.60. The number of hydrogen-bond donors (Lipinski definition) is 1. The molecule has 0 saturated carbocycles. The average Bonchev–Trinajstić information content (AvgIpc) is 3.16. The number of aromatic nitrogens is 3. The molecule has 12 nitrogen and oxygen atoms in total. The largest absolute Gasteiger partial charge is 0.305 e. The first-order chi connectivity index (χ1) is 15.3. The summed E-state index contributed by atoms with van der Waals surface area (Å²) in [6.07, 6.45) is 0. The monoisotopic (exact) mass is 455 g/mol. The highest BCUT2D eigenvalue weighted by Gasteiger charge is 2.15. The molecule has 3 aromatic rings. The second-order valence-electron chi connectivity index (χ2n) is 6.50. The molecule has 0 atom stereocenters. The summed E-state index contributed by atoms with van der Waals surface area (Å²) >= 11 is 1.13. The minimum absolute atomic E-state index is 0.0119. The quantitative estimate of drug-likeness (QED) is 0.235. The first-order valence-corrected chi connectivity index (χ1v) is 10.1. The second-order valence-corrected chi connectivity index (χ2v) is 7.44. The van der Waals surface area contributed by atoms with E-state index in [4.69, 9.17) is 0 Å². The fourth-order valence-electron chi connectivity index (χ4n) is 2.65. The topological polar surface area (TPSA) is 158 Å². The molecule has 0 aliphatic carbocycles. The fourth-order valence-corrected chi connectivity index (χ4v) is 3.35. The van der Waals surface area contributed by atoms with Crippen molar-refractivity contribution in [2.45, 2.75) is 12.1 Å². The number of hydrazone groups is 1. The molecule has 0 aliphatic heterocycles. The van der Waals surface area contributed by atoms with Crippen molar-refractivity contribution in [1.29, 1.82) is 0 Å². The van der Waals surface area contributed by atoms with Crippen LogP contribution in [0.2, 0.25) is 0 Å². The van der Waals surface area contributed by atoms with E-state index in [0.717, 1.165) is 11.8 Å². The number of non-ortho nitro benzene ring substituents is 2. The SMILES string of the molecule is C/C(=N/NC(=O)CSc1nnc(-c2cccc([N+](=O)[O-])c2)n1C)c1ccc([N+](=O)[O-])cc1. The predicted molar refractivity (Wildman–Crippen MR) is 117 cm³/mol. The van der Waals surface area contributed by atoms with Gasteiger partial charge in [0.1, 0.15) is 0 Å². The molecular formula is C19H17N7O5S. The van der Waals surface area contributed by atoms with Gasteiger partial charge in [-0.25, -0.2) is 5.43 Å². The molecule has 0 bridgehead atoms. The number of nitro benzene ring substituents is 2. The Morgan fingerprint density at radius 2 is 1.78 bits per heavy atom. The molecule has 32 heavy (non-hydrogen) atoms. The zero-order chi connectivity index (χ0) is 23.3. The molecule has 164 valence electrons. The number of carbonyl (C=O) groups excluding carboxylic acids is 1. The molecule has 3 rings (SSSR count). The van der Waals surface area contributed by atoms with Crippen LogP contribution in [0.5, 0.6) is 0 Å². The second kappa shape index (κ2) is 9.78. The van der Waals surface area contributed by atoms with Gasteiger partial charge < -0.3 is 4.57 Å². The van der Waals surface area contributed by atoms with Crippen molar-refractivity contribution in [3.63, 3.8) is 0 Å².